The number of hydrogen-bond donors (Lipinski definition) is 0. The first-order valence-corrected chi connectivity index (χ1v) is 7.83. The number of aryl methyl sites for hydroxylation is 2. The molecule has 2 aliphatic rings. The molecule has 0 saturated heterocycles. The van der Waals surface area contributed by atoms with Crippen LogP contribution in [-0.4, -0.2) is 15.3 Å². The van der Waals surface area contributed by atoms with Crippen LogP contribution in [0.1, 0.15) is 23.3 Å². The van der Waals surface area contributed by atoms with Gasteiger partial charge in [-0.1, -0.05) is 11.8 Å². The first kappa shape index (κ1) is 10.1. The lowest BCUT2D eigenvalue weighted by atomic mass is 9.97. The van der Waals surface area contributed by atoms with Crippen molar-refractivity contribution in [3.63, 3.8) is 0 Å². The van der Waals surface area contributed by atoms with Crippen LogP contribution in [0.25, 0.3) is 10.2 Å². The molecule has 0 spiro atoms. The van der Waals surface area contributed by atoms with Crippen molar-refractivity contribution in [1.29, 1.82) is 0 Å². The van der Waals surface area contributed by atoms with E-state index in [4.69, 9.17) is 0 Å². The highest BCUT2D eigenvalue weighted by Gasteiger charge is 2.23. The maximum Gasteiger partial charge on any atom is 0.263 e. The number of rotatable bonds is 0. The molecule has 3 nitrogen and oxygen atoms in total. The molecule has 0 fully saturated rings. The maximum atomic E-state index is 12.5. The van der Waals surface area contributed by atoms with E-state index in [1.807, 2.05) is 4.57 Å². The second-order valence-electron chi connectivity index (χ2n) is 4.59. The monoisotopic (exact) mass is 264 g/mol. The van der Waals surface area contributed by atoms with E-state index in [2.05, 4.69) is 4.98 Å². The minimum atomic E-state index is 0.203. The molecule has 2 aromatic rings. The fraction of sp³-hybridized carbons (Fsp3) is 0.500. The van der Waals surface area contributed by atoms with Gasteiger partial charge in [-0.15, -0.1) is 11.3 Å². The lowest BCUT2D eigenvalue weighted by Crippen LogP contribution is -2.20. The van der Waals surface area contributed by atoms with Crippen molar-refractivity contribution < 1.29 is 0 Å². The molecule has 0 saturated carbocycles. The molecular weight excluding hydrogens is 252 g/mol. The summed E-state index contributed by atoms with van der Waals surface area (Å²) in [7, 11) is 0. The van der Waals surface area contributed by atoms with Gasteiger partial charge in [0, 0.05) is 17.2 Å². The molecule has 0 atom stereocenters. The van der Waals surface area contributed by atoms with Gasteiger partial charge in [0.15, 0.2) is 5.16 Å². The van der Waals surface area contributed by atoms with E-state index in [0.29, 0.717) is 0 Å². The summed E-state index contributed by atoms with van der Waals surface area (Å²) in [5.74, 6) is 0.988. The zero-order valence-electron chi connectivity index (χ0n) is 9.36. The Morgan fingerprint density at radius 3 is 3.06 bits per heavy atom. The first-order valence-electron chi connectivity index (χ1n) is 6.02. The largest absolute Gasteiger partial charge is 0.286 e. The summed E-state index contributed by atoms with van der Waals surface area (Å²) in [4.78, 5) is 19.5. The van der Waals surface area contributed by atoms with E-state index >= 15 is 0 Å². The van der Waals surface area contributed by atoms with Crippen molar-refractivity contribution in [2.45, 2.75) is 37.4 Å². The van der Waals surface area contributed by atoms with Gasteiger partial charge >= 0.3 is 0 Å². The maximum absolute atomic E-state index is 12.5. The molecule has 17 heavy (non-hydrogen) atoms. The molecule has 5 heteroatoms. The number of thiophene rings is 1. The lowest BCUT2D eigenvalue weighted by Gasteiger charge is -2.10. The Hall–Kier alpha value is -0.810. The highest BCUT2D eigenvalue weighted by atomic mass is 32.2. The van der Waals surface area contributed by atoms with Gasteiger partial charge in [-0.3, -0.25) is 9.36 Å². The summed E-state index contributed by atoms with van der Waals surface area (Å²) in [5, 5.41) is 1.84. The van der Waals surface area contributed by atoms with Gasteiger partial charge in [0.05, 0.1) is 5.39 Å². The Kier molecular flexibility index (Phi) is 2.14. The summed E-state index contributed by atoms with van der Waals surface area (Å²) in [6.45, 7) is 0.826. The van der Waals surface area contributed by atoms with Crippen LogP contribution in [-0.2, 0) is 19.4 Å². The van der Waals surface area contributed by atoms with Crippen LogP contribution in [0.15, 0.2) is 9.95 Å². The van der Waals surface area contributed by atoms with Crippen LogP contribution in [0, 0.1) is 0 Å². The molecule has 0 aromatic carbocycles. The van der Waals surface area contributed by atoms with Crippen LogP contribution in [0.3, 0.4) is 0 Å². The normalized spacial score (nSPS) is 18.4. The number of aromatic nitrogens is 2. The highest BCUT2D eigenvalue weighted by molar-refractivity contribution is 7.99. The standard InChI is InChI=1S/C12H12N2OS2/c15-11-9-7-3-1-2-4-8(7)17-10(9)13-12-14(11)5-6-16-12/h1-6H2. The molecule has 0 unspecified atom stereocenters. The Bertz CT molecular complexity index is 671. The van der Waals surface area contributed by atoms with E-state index in [1.165, 1.54) is 23.3 Å². The van der Waals surface area contributed by atoms with E-state index in [0.717, 1.165) is 40.5 Å². The molecule has 2 aromatic heterocycles. The smallest absolute Gasteiger partial charge is 0.263 e. The van der Waals surface area contributed by atoms with Crippen LogP contribution < -0.4 is 5.56 Å². The van der Waals surface area contributed by atoms with Gasteiger partial charge in [0.2, 0.25) is 0 Å². The summed E-state index contributed by atoms with van der Waals surface area (Å²) in [5.41, 5.74) is 1.51. The number of nitrogens with zero attached hydrogens (tertiary/aromatic N) is 2. The van der Waals surface area contributed by atoms with Crippen molar-refractivity contribution in [1.82, 2.24) is 9.55 Å². The van der Waals surface area contributed by atoms with Gasteiger partial charge in [-0.05, 0) is 31.2 Å². The van der Waals surface area contributed by atoms with Gasteiger partial charge < -0.3 is 0 Å². The van der Waals surface area contributed by atoms with Crippen LogP contribution in [0.4, 0.5) is 0 Å². The van der Waals surface area contributed by atoms with E-state index in [9.17, 15) is 4.79 Å². The number of thioether (sulfide) groups is 1. The fourth-order valence-electron chi connectivity index (χ4n) is 2.76. The SMILES string of the molecule is O=c1c2c3c(sc2nc2n1CCS2)CCCC3. The summed E-state index contributed by atoms with van der Waals surface area (Å²) in [6, 6.07) is 0. The molecule has 0 radical (unpaired) electrons. The average molecular weight is 264 g/mol. The quantitative estimate of drug-likeness (QED) is 0.686. The van der Waals surface area contributed by atoms with E-state index in [-0.39, 0.29) is 5.56 Å². The molecule has 3 heterocycles. The minimum absolute atomic E-state index is 0.203. The van der Waals surface area contributed by atoms with Crippen LogP contribution >= 0.6 is 23.1 Å². The van der Waals surface area contributed by atoms with Crippen molar-refractivity contribution >= 4 is 33.3 Å². The molecule has 0 N–H and O–H groups in total. The van der Waals surface area contributed by atoms with Crippen molar-refractivity contribution in [3.8, 4) is 0 Å². The second kappa shape index (κ2) is 3.59. The Balaban J connectivity index is 2.12. The molecule has 0 amide bonds. The van der Waals surface area contributed by atoms with Gasteiger partial charge in [-0.25, -0.2) is 4.98 Å². The zero-order chi connectivity index (χ0) is 11.4. The van der Waals surface area contributed by atoms with Gasteiger partial charge in [0.1, 0.15) is 4.83 Å². The van der Waals surface area contributed by atoms with Crippen molar-refractivity contribution in [3.05, 3.63) is 20.8 Å². The number of fused-ring (bicyclic) bond motifs is 4. The third-order valence-corrected chi connectivity index (χ3v) is 5.73. The fourth-order valence-corrected chi connectivity index (χ4v) is 5.01. The van der Waals surface area contributed by atoms with Crippen molar-refractivity contribution in [2.75, 3.05) is 5.75 Å². The Labute approximate surface area is 107 Å². The average Bonchev–Trinajstić information content (AvgIpc) is 2.92. The second-order valence-corrected chi connectivity index (χ2v) is 6.74. The van der Waals surface area contributed by atoms with Crippen LogP contribution in [0.2, 0.25) is 0 Å². The predicted octanol–water partition coefficient (Wildman–Crippen LogP) is 2.44. The van der Waals surface area contributed by atoms with Crippen molar-refractivity contribution in [2.24, 2.45) is 0 Å². The highest BCUT2D eigenvalue weighted by Crippen LogP contribution is 2.35. The molecule has 0 bridgehead atoms. The van der Waals surface area contributed by atoms with E-state index in [1.54, 1.807) is 23.1 Å². The summed E-state index contributed by atoms with van der Waals surface area (Å²) in [6.07, 6.45) is 4.68. The predicted molar refractivity (Wildman–Crippen MR) is 71.2 cm³/mol. The molecule has 1 aliphatic carbocycles. The zero-order valence-corrected chi connectivity index (χ0v) is 11.0. The third kappa shape index (κ3) is 1.35. The lowest BCUT2D eigenvalue weighted by molar-refractivity contribution is 0.666. The minimum Gasteiger partial charge on any atom is -0.286 e. The molecule has 1 aliphatic heterocycles. The topological polar surface area (TPSA) is 34.9 Å². The molecular formula is C12H12N2OS2. The summed E-state index contributed by atoms with van der Waals surface area (Å²) < 4.78 is 1.86. The Morgan fingerprint density at radius 1 is 1.24 bits per heavy atom. The third-order valence-electron chi connectivity index (χ3n) is 3.59. The van der Waals surface area contributed by atoms with Gasteiger partial charge in [0.25, 0.3) is 5.56 Å². The van der Waals surface area contributed by atoms with Gasteiger partial charge in [-0.2, -0.15) is 0 Å². The first-order chi connectivity index (χ1) is 8.34. The molecule has 4 rings (SSSR count). The van der Waals surface area contributed by atoms with E-state index < -0.39 is 0 Å². The number of hydrogen-bond acceptors (Lipinski definition) is 4. The summed E-state index contributed by atoms with van der Waals surface area (Å²) >= 11 is 3.44. The Morgan fingerprint density at radius 2 is 2.12 bits per heavy atom. The van der Waals surface area contributed by atoms with Crippen LogP contribution in [0.5, 0.6) is 0 Å². The molecule has 88 valence electrons.